The van der Waals surface area contributed by atoms with Gasteiger partial charge >= 0.3 is 0 Å². The molecule has 0 aliphatic carbocycles. The first-order valence-electron chi connectivity index (χ1n) is 49.1. The molecule has 15 aromatic carbocycles. The first-order valence-corrected chi connectivity index (χ1v) is 42.6. The molecule has 122 heavy (non-hydrogen) atoms. The molecular formula is C114H102BN5O2. The Morgan fingerprint density at radius 3 is 1.16 bits per heavy atom. The third-order valence-corrected chi connectivity index (χ3v) is 26.1. The van der Waals surface area contributed by atoms with E-state index < -0.39 is 73.2 Å². The molecule has 0 atom stereocenters. The molecule has 0 fully saturated rings. The summed E-state index contributed by atoms with van der Waals surface area (Å²) in [5, 5.41) is 7.48. The van der Waals surface area contributed by atoms with Gasteiger partial charge in [-0.25, -0.2) is 0 Å². The molecule has 0 unspecified atom stereocenters. The highest BCUT2D eigenvalue weighted by atomic mass is 16.3. The highest BCUT2D eigenvalue weighted by Gasteiger charge is 2.46. The third-order valence-electron chi connectivity index (χ3n) is 26.1. The lowest BCUT2D eigenvalue weighted by atomic mass is 9.33. The quantitative estimate of drug-likeness (QED) is 0.149. The Hall–Kier alpha value is -13.0. The molecule has 598 valence electrons. The molecule has 0 bridgehead atoms. The van der Waals surface area contributed by atoms with Crippen molar-refractivity contribution in [2.75, 3.05) is 9.80 Å². The van der Waals surface area contributed by atoms with Crippen LogP contribution >= 0.6 is 0 Å². The van der Waals surface area contributed by atoms with Crippen molar-refractivity contribution in [3.8, 4) is 39.3 Å². The molecule has 7 heterocycles. The number of hydrogen-bond donors (Lipinski definition) is 0. The van der Waals surface area contributed by atoms with Gasteiger partial charge in [0.1, 0.15) is 5.58 Å². The molecular weight excluding hydrogens is 1480 g/mol. The zero-order valence-corrected chi connectivity index (χ0v) is 72.3. The lowest BCUT2D eigenvalue weighted by molar-refractivity contribution is 0.569. The van der Waals surface area contributed by atoms with Crippen molar-refractivity contribution in [2.45, 2.75) is 157 Å². The number of hydrogen-bond acceptors (Lipinski definition) is 4. The molecule has 8 heteroatoms. The van der Waals surface area contributed by atoms with E-state index in [9.17, 15) is 13.7 Å². The van der Waals surface area contributed by atoms with Crippen LogP contribution in [0.3, 0.4) is 0 Å². The summed E-state index contributed by atoms with van der Waals surface area (Å²) in [5.41, 5.74) is 23.1. The van der Waals surface area contributed by atoms with Crippen molar-refractivity contribution in [2.24, 2.45) is 0 Å². The molecule has 0 saturated heterocycles. The summed E-state index contributed by atoms with van der Waals surface area (Å²) < 4.78 is 143. The van der Waals surface area contributed by atoms with E-state index in [0.717, 1.165) is 121 Å². The van der Waals surface area contributed by atoms with Gasteiger partial charge in [-0.05, 0) is 226 Å². The Labute approximate surface area is 733 Å². The fraction of sp³-hybridized carbons (Fsp3) is 0.211. The van der Waals surface area contributed by atoms with Crippen LogP contribution < -0.4 is 26.2 Å². The summed E-state index contributed by atoms with van der Waals surface area (Å²) in [4.78, 5) is 4.62. The van der Waals surface area contributed by atoms with Gasteiger partial charge in [0.2, 0.25) is 0 Å². The largest absolute Gasteiger partial charge is 0.454 e. The Morgan fingerprint density at radius 1 is 0.246 bits per heavy atom. The number of rotatable bonds is 7. The van der Waals surface area contributed by atoms with Crippen molar-refractivity contribution in [1.29, 1.82) is 0 Å². The van der Waals surface area contributed by atoms with Gasteiger partial charge in [0.25, 0.3) is 6.71 Å². The summed E-state index contributed by atoms with van der Waals surface area (Å²) in [6.45, 7) is 39.9. The highest BCUT2D eigenvalue weighted by Crippen LogP contribution is 2.53. The van der Waals surface area contributed by atoms with Crippen molar-refractivity contribution in [3.05, 3.63) is 324 Å². The summed E-state index contributed by atoms with van der Waals surface area (Å²) in [6, 6.07) is 70.2. The second-order valence-corrected chi connectivity index (χ2v) is 40.1. The molecule has 2 aliphatic heterocycles. The number of nitrogens with zero attached hydrogens (tertiary/aromatic N) is 5. The van der Waals surface area contributed by atoms with Gasteiger partial charge < -0.3 is 32.3 Å². The minimum absolute atomic E-state index is 0.0408. The van der Waals surface area contributed by atoms with Crippen LogP contribution in [-0.4, -0.2) is 20.4 Å². The predicted molar refractivity (Wildman–Crippen MR) is 521 cm³/mol. The average Bonchev–Trinajstić information content (AvgIpc) is 1.14. The first-order chi connectivity index (χ1) is 63.7. The Balaban J connectivity index is 0.872. The van der Waals surface area contributed by atoms with E-state index in [2.05, 4.69) is 313 Å². The summed E-state index contributed by atoms with van der Waals surface area (Å²) >= 11 is 0. The fourth-order valence-corrected chi connectivity index (χ4v) is 19.4. The van der Waals surface area contributed by atoms with E-state index in [1.165, 1.54) is 26.8 Å². The number of furan rings is 2. The molecule has 5 aromatic heterocycles. The molecule has 0 saturated carbocycles. The second-order valence-electron chi connectivity index (χ2n) is 40.1. The molecule has 22 rings (SSSR count). The van der Waals surface area contributed by atoms with Crippen LogP contribution in [0.1, 0.15) is 176 Å². The fourth-order valence-electron chi connectivity index (χ4n) is 19.4. The van der Waals surface area contributed by atoms with Crippen LogP contribution in [-0.2, 0) is 32.5 Å². The zero-order valence-electron chi connectivity index (χ0n) is 85.3. The van der Waals surface area contributed by atoms with Crippen molar-refractivity contribution in [1.82, 2.24) is 13.7 Å². The molecule has 0 spiro atoms. The van der Waals surface area contributed by atoms with Crippen molar-refractivity contribution >= 4 is 167 Å². The predicted octanol–water partition coefficient (Wildman–Crippen LogP) is 30.0. The topological polar surface area (TPSA) is 47.6 Å². The maximum atomic E-state index is 9.73. The Kier molecular flexibility index (Phi) is 13.4. The third kappa shape index (κ3) is 11.6. The maximum Gasteiger partial charge on any atom is 0.252 e. The van der Waals surface area contributed by atoms with Crippen LogP contribution in [0.15, 0.2) is 300 Å². The standard InChI is InChI=1S/C114H102BN5O2/c1-109(2,3)71-42-51-93-85(61-71)86-62-72(110(4,5)6)43-52-94(86)116(93)77-47-50-90-101(65-77)120(99-40-28-35-84-83-34-27-39-98(107(83)122-108(84)99)118-91-36-24-22-31-79(91)80-32-23-25-37-92(80)118)103-59-70(69-55-75(113(13,14)15)60-76(56-69)114(16,17)18)58-102-105(103)115(90)89-49-41-68(67-29-20-19-21-30-67)57-100(89)117(102)78-46-48-81-82-33-26-38-97(106(82)121-104(81)66-78)119-95-53-44-73(111(7,8)9)63-87(95)88-64-74(112(10,11)12)45-54-96(88)119/h19-66H,1-18H3/i19D,20D,21D,22D,23D,24D,25D,29D,30D,31D,32D,36D,37D. The molecule has 0 amide bonds. The first kappa shape index (κ1) is 62.1. The van der Waals surface area contributed by atoms with Crippen molar-refractivity contribution < 1.29 is 26.7 Å². The van der Waals surface area contributed by atoms with E-state index in [4.69, 9.17) is 12.9 Å². The summed E-state index contributed by atoms with van der Waals surface area (Å²) in [7, 11) is 0. The monoisotopic (exact) mass is 1600 g/mol. The van der Waals surface area contributed by atoms with Gasteiger partial charge in [-0.2, -0.15) is 0 Å². The minimum Gasteiger partial charge on any atom is -0.454 e. The van der Waals surface area contributed by atoms with Gasteiger partial charge in [-0.15, -0.1) is 0 Å². The lowest BCUT2D eigenvalue weighted by Gasteiger charge is -2.44. The van der Waals surface area contributed by atoms with Gasteiger partial charge in [-0.1, -0.05) is 288 Å². The van der Waals surface area contributed by atoms with Gasteiger partial charge in [0.15, 0.2) is 16.7 Å². The number of benzene rings is 15. The molecule has 0 N–H and O–H groups in total. The Bertz CT molecular complexity index is 8420. The van der Waals surface area contributed by atoms with Crippen LogP contribution in [0, 0.1) is 0 Å². The molecule has 0 radical (unpaired) electrons. The molecule has 20 aromatic rings. The smallest absolute Gasteiger partial charge is 0.252 e. The Morgan fingerprint density at radius 2 is 0.648 bits per heavy atom. The number of para-hydroxylation sites is 5. The van der Waals surface area contributed by atoms with E-state index in [1.807, 2.05) is 36.4 Å². The zero-order chi connectivity index (χ0) is 95.4. The van der Waals surface area contributed by atoms with E-state index in [0.29, 0.717) is 50.1 Å². The number of fused-ring (bicyclic) bond motifs is 19. The van der Waals surface area contributed by atoms with Crippen LogP contribution in [0.5, 0.6) is 0 Å². The lowest BCUT2D eigenvalue weighted by Crippen LogP contribution is -2.61. The van der Waals surface area contributed by atoms with E-state index >= 15 is 0 Å². The molecule has 2 aliphatic rings. The van der Waals surface area contributed by atoms with Gasteiger partial charge in [0.05, 0.1) is 68.0 Å². The summed E-state index contributed by atoms with van der Waals surface area (Å²) in [5.74, 6) is 0. The van der Waals surface area contributed by atoms with Crippen LogP contribution in [0.4, 0.5) is 34.1 Å². The SMILES string of the molecule is [2H]c1c([2H])c([2H])c(-c2ccc3c(c2)N(c2ccc4c(c2)oc2c(-n5c6ccc(C(C)(C)C)cc6c6cc(C(C)(C)C)ccc65)cccc24)c2cc(-c4cc(C(C)(C)C)cc(C(C)(C)C)c4)cc4c2B3c2ccc(-n3c5ccc(C(C)(C)C)cc5c5cc(C(C)(C)C)ccc53)cc2N4c2cccc3c2oc2c(-n4c5c([2H])c([2H])c([2H])c([2H])c5c5c([2H])c([2H])c([2H])c([2H])c54)cccc23)c([2H])c1[2H]. The second kappa shape index (κ2) is 26.2. The van der Waals surface area contributed by atoms with Crippen molar-refractivity contribution in [3.63, 3.8) is 0 Å². The van der Waals surface area contributed by atoms with Gasteiger partial charge in [-0.3, -0.25) is 0 Å². The van der Waals surface area contributed by atoms with Gasteiger partial charge in [0, 0.05) is 94.1 Å². The number of anilines is 6. The van der Waals surface area contributed by atoms with Crippen LogP contribution in [0.25, 0.3) is 149 Å². The van der Waals surface area contributed by atoms with E-state index in [-0.39, 0.29) is 83.2 Å². The maximum absolute atomic E-state index is 9.73. The average molecular weight is 1600 g/mol. The molecule has 7 nitrogen and oxygen atoms in total. The highest BCUT2D eigenvalue weighted by molar-refractivity contribution is 7.00. The van der Waals surface area contributed by atoms with Crippen LogP contribution in [0.2, 0.25) is 0 Å². The van der Waals surface area contributed by atoms with E-state index in [1.54, 1.807) is 6.07 Å². The summed E-state index contributed by atoms with van der Waals surface area (Å²) in [6.07, 6.45) is 0. The number of aromatic nitrogens is 3. The minimum atomic E-state index is -0.615. The normalized spacial score (nSPS) is 15.1.